The topological polar surface area (TPSA) is 63.7 Å². The number of rotatable bonds is 4. The van der Waals surface area contributed by atoms with Crippen molar-refractivity contribution < 1.29 is 35.5 Å². The number of benzene rings is 2. The van der Waals surface area contributed by atoms with Crippen molar-refractivity contribution in [3.8, 4) is 0 Å². The molecule has 0 radical (unpaired) electrons. The Morgan fingerprint density at radius 1 is 1.09 bits per heavy atom. The number of anilines is 1. The Bertz CT molecular complexity index is 1300. The smallest absolute Gasteiger partial charge is 0.445 e. The Balaban J connectivity index is 2.25. The molecule has 0 aliphatic carbocycles. The summed E-state index contributed by atoms with van der Waals surface area (Å²) < 4.78 is 88.9. The quantitative estimate of drug-likeness (QED) is 0.154. The number of hydrogen-bond donors (Lipinski definition) is 0. The van der Waals surface area contributed by atoms with Crippen LogP contribution in [-0.4, -0.2) is 19.3 Å². The van der Waals surface area contributed by atoms with Crippen LogP contribution in [0.2, 0.25) is 0 Å². The molecule has 0 spiro atoms. The summed E-state index contributed by atoms with van der Waals surface area (Å²) in [7, 11) is -5.25. The molecule has 12 heteroatoms. The van der Waals surface area contributed by atoms with Crippen LogP contribution in [0.25, 0.3) is 10.1 Å². The molecule has 5 nitrogen and oxygen atoms in total. The van der Waals surface area contributed by atoms with Crippen LogP contribution in [0.5, 0.6) is 0 Å². The van der Waals surface area contributed by atoms with Crippen LogP contribution in [-0.2, 0) is 14.8 Å². The van der Waals surface area contributed by atoms with E-state index in [1.165, 1.54) is 20.8 Å². The summed E-state index contributed by atoms with van der Waals surface area (Å²) in [6.45, 7) is 4.21. The fourth-order valence-corrected chi connectivity index (χ4v) is 6.35. The maximum absolute atomic E-state index is 15.7. The van der Waals surface area contributed by atoms with Crippen molar-refractivity contribution in [2.45, 2.75) is 32.7 Å². The summed E-state index contributed by atoms with van der Waals surface area (Å²) in [4.78, 5) is 12.5. The SMILES string of the molecule is CC(C)(C)OC(=O)S(=O)(=O)N(c1sc2ccccc2c1Br)C(F)c1ccc(F)c(F)c1F. The van der Waals surface area contributed by atoms with Crippen molar-refractivity contribution in [1.29, 1.82) is 0 Å². The van der Waals surface area contributed by atoms with Gasteiger partial charge in [-0.1, -0.05) is 18.2 Å². The molecule has 32 heavy (non-hydrogen) atoms. The zero-order chi connectivity index (χ0) is 24.0. The number of thiophene rings is 1. The second kappa shape index (κ2) is 8.64. The lowest BCUT2D eigenvalue weighted by molar-refractivity contribution is 0.0716. The normalized spacial score (nSPS) is 13.2. The maximum Gasteiger partial charge on any atom is 0.445 e. The van der Waals surface area contributed by atoms with E-state index in [0.717, 1.165) is 11.3 Å². The van der Waals surface area contributed by atoms with Crippen molar-refractivity contribution in [2.75, 3.05) is 4.31 Å². The van der Waals surface area contributed by atoms with Gasteiger partial charge >= 0.3 is 15.3 Å². The monoisotopic (exact) mass is 553 g/mol. The molecule has 0 saturated heterocycles. The van der Waals surface area contributed by atoms with Gasteiger partial charge in [0.25, 0.3) is 0 Å². The molecule has 3 rings (SSSR count). The lowest BCUT2D eigenvalue weighted by Gasteiger charge is -2.28. The number of halogens is 5. The minimum atomic E-state index is -5.25. The highest BCUT2D eigenvalue weighted by atomic mass is 79.9. The van der Waals surface area contributed by atoms with E-state index in [1.54, 1.807) is 24.3 Å². The van der Waals surface area contributed by atoms with Gasteiger partial charge in [-0.05, 0) is 54.9 Å². The van der Waals surface area contributed by atoms with Crippen molar-refractivity contribution in [3.63, 3.8) is 0 Å². The van der Waals surface area contributed by atoms with Gasteiger partial charge in [0, 0.05) is 15.6 Å². The summed E-state index contributed by atoms with van der Waals surface area (Å²) in [6, 6.07) is 7.57. The Morgan fingerprint density at radius 3 is 2.31 bits per heavy atom. The molecule has 3 aromatic rings. The zero-order valence-electron chi connectivity index (χ0n) is 16.8. The molecule has 172 valence electrons. The summed E-state index contributed by atoms with van der Waals surface area (Å²) in [5.74, 6) is -5.47. The van der Waals surface area contributed by atoms with E-state index >= 15 is 4.39 Å². The van der Waals surface area contributed by atoms with Crippen molar-refractivity contribution in [1.82, 2.24) is 0 Å². The predicted octanol–water partition coefficient (Wildman–Crippen LogP) is 6.82. The molecule has 0 fully saturated rings. The maximum atomic E-state index is 15.7. The minimum absolute atomic E-state index is 0.00554. The number of nitrogens with zero attached hydrogens (tertiary/aromatic N) is 1. The fourth-order valence-electron chi connectivity index (χ4n) is 2.71. The van der Waals surface area contributed by atoms with E-state index in [2.05, 4.69) is 15.9 Å². The Kier molecular flexibility index (Phi) is 6.60. The Labute approximate surface area is 193 Å². The highest BCUT2D eigenvalue weighted by Crippen LogP contribution is 2.47. The summed E-state index contributed by atoms with van der Waals surface area (Å²) in [5, 5.41) is -1.61. The molecular weight excluding hydrogens is 538 g/mol. The third-order valence-corrected chi connectivity index (χ3v) is 7.85. The first kappa shape index (κ1) is 24.5. The first-order chi connectivity index (χ1) is 14.8. The Hall–Kier alpha value is -2.18. The van der Waals surface area contributed by atoms with Crippen LogP contribution < -0.4 is 4.31 Å². The average Bonchev–Trinajstić information content (AvgIpc) is 3.01. The molecule has 0 N–H and O–H groups in total. The van der Waals surface area contributed by atoms with Crippen LogP contribution >= 0.6 is 27.3 Å². The third kappa shape index (κ3) is 4.48. The molecule has 0 amide bonds. The van der Waals surface area contributed by atoms with E-state index in [9.17, 15) is 26.4 Å². The largest absolute Gasteiger partial charge is 0.447 e. The summed E-state index contributed by atoms with van der Waals surface area (Å²) >= 11 is 3.99. The fraction of sp³-hybridized carbons (Fsp3) is 0.250. The summed E-state index contributed by atoms with van der Waals surface area (Å²) in [5.41, 5.74) is -2.35. The first-order valence-electron chi connectivity index (χ1n) is 8.97. The van der Waals surface area contributed by atoms with E-state index in [1.807, 2.05) is 0 Å². The van der Waals surface area contributed by atoms with Gasteiger partial charge in [-0.3, -0.25) is 0 Å². The van der Waals surface area contributed by atoms with E-state index in [0.29, 0.717) is 22.2 Å². The van der Waals surface area contributed by atoms with E-state index < -0.39 is 50.2 Å². The first-order valence-corrected chi connectivity index (χ1v) is 12.0. The van der Waals surface area contributed by atoms with Crippen molar-refractivity contribution in [2.24, 2.45) is 0 Å². The van der Waals surface area contributed by atoms with Crippen molar-refractivity contribution in [3.05, 3.63) is 63.9 Å². The molecule has 1 aromatic heterocycles. The van der Waals surface area contributed by atoms with Crippen LogP contribution in [0.1, 0.15) is 32.6 Å². The van der Waals surface area contributed by atoms with Crippen LogP contribution in [0.15, 0.2) is 40.9 Å². The number of ether oxygens (including phenoxy) is 1. The number of sulfonamides is 1. The zero-order valence-corrected chi connectivity index (χ0v) is 20.0. The van der Waals surface area contributed by atoms with E-state index in [4.69, 9.17) is 4.74 Å². The number of carbonyl (C=O) groups is 1. The molecule has 0 aliphatic rings. The van der Waals surface area contributed by atoms with Gasteiger partial charge in [-0.25, -0.2) is 26.7 Å². The highest BCUT2D eigenvalue weighted by Gasteiger charge is 2.43. The summed E-state index contributed by atoms with van der Waals surface area (Å²) in [6.07, 6.45) is -2.91. The van der Waals surface area contributed by atoms with Gasteiger partial charge in [0.05, 0.1) is 4.47 Å². The molecule has 2 aromatic carbocycles. The van der Waals surface area contributed by atoms with Gasteiger partial charge in [-0.15, -0.1) is 11.3 Å². The molecule has 1 heterocycles. The number of carbonyl (C=O) groups excluding carboxylic acids is 1. The van der Waals surface area contributed by atoms with E-state index in [-0.39, 0.29) is 13.8 Å². The van der Waals surface area contributed by atoms with Crippen LogP contribution in [0, 0.1) is 17.5 Å². The molecule has 1 unspecified atom stereocenters. The molecule has 0 aliphatic heterocycles. The highest BCUT2D eigenvalue weighted by molar-refractivity contribution is 9.10. The van der Waals surface area contributed by atoms with Gasteiger partial charge in [0.15, 0.2) is 17.5 Å². The van der Waals surface area contributed by atoms with Crippen LogP contribution in [0.3, 0.4) is 0 Å². The van der Waals surface area contributed by atoms with Gasteiger partial charge in [0.2, 0.25) is 6.30 Å². The van der Waals surface area contributed by atoms with Crippen molar-refractivity contribution >= 4 is 57.7 Å². The average molecular weight is 554 g/mol. The molecule has 0 saturated carbocycles. The lowest BCUT2D eigenvalue weighted by Crippen LogP contribution is -2.40. The number of fused-ring (bicyclic) bond motifs is 1. The van der Waals surface area contributed by atoms with Crippen LogP contribution in [0.4, 0.5) is 27.4 Å². The Morgan fingerprint density at radius 2 is 1.72 bits per heavy atom. The molecule has 1 atom stereocenters. The number of alkyl halides is 1. The lowest BCUT2D eigenvalue weighted by atomic mass is 10.2. The van der Waals surface area contributed by atoms with Gasteiger partial charge in [-0.2, -0.15) is 8.42 Å². The molecule has 0 bridgehead atoms. The second-order valence-electron chi connectivity index (χ2n) is 7.58. The predicted molar refractivity (Wildman–Crippen MR) is 117 cm³/mol. The standard InChI is InChI=1S/C20H16BrF4NO4S2/c1-20(2,3)30-19(27)32(28,29)26(17(25)11-8-9-12(22)16(24)15(11)23)18-14(21)10-6-4-5-7-13(10)31-18/h4-9,17H,1-3H3. The van der Waals surface area contributed by atoms with Gasteiger partial charge in [0.1, 0.15) is 10.6 Å². The second-order valence-corrected chi connectivity index (χ2v) is 11.1. The number of hydrogen-bond acceptors (Lipinski definition) is 5. The molecular formula is C20H16BrF4NO4S2. The minimum Gasteiger partial charge on any atom is -0.447 e. The van der Waals surface area contributed by atoms with Gasteiger partial charge < -0.3 is 4.74 Å². The third-order valence-electron chi connectivity index (χ3n) is 4.10.